The summed E-state index contributed by atoms with van der Waals surface area (Å²) < 4.78 is 42.0. The summed E-state index contributed by atoms with van der Waals surface area (Å²) in [6, 6.07) is 0. The number of piperidine rings is 2. The number of alkyl halides is 3. The summed E-state index contributed by atoms with van der Waals surface area (Å²) in [7, 11) is 1.58. The van der Waals surface area contributed by atoms with E-state index in [4.69, 9.17) is 4.74 Å². The van der Waals surface area contributed by atoms with Crippen LogP contribution in [0.25, 0.3) is 0 Å². The van der Waals surface area contributed by atoms with Gasteiger partial charge in [0.25, 0.3) is 0 Å². The first-order valence-electron chi connectivity index (χ1n) is 8.36. The molecule has 2 rings (SSSR count). The van der Waals surface area contributed by atoms with Gasteiger partial charge >= 0.3 is 6.18 Å². The van der Waals surface area contributed by atoms with E-state index in [1.807, 2.05) is 0 Å². The second-order valence-corrected chi connectivity index (χ2v) is 6.84. The highest BCUT2D eigenvalue weighted by molar-refractivity contribution is 5.78. The Hall–Kier alpha value is -1.31. The quantitative estimate of drug-likeness (QED) is 0.764. The third kappa shape index (κ3) is 5.09. The first-order valence-corrected chi connectivity index (χ1v) is 8.36. The van der Waals surface area contributed by atoms with Gasteiger partial charge in [-0.25, -0.2) is 0 Å². The van der Waals surface area contributed by atoms with E-state index in [0.717, 1.165) is 12.8 Å². The average Bonchev–Trinajstić information content (AvgIpc) is 2.53. The SMILES string of the molecule is COCCN1C[C@@]2(CCCN(C(=O)CCC(F)(F)F)C2)CCC1=O. The van der Waals surface area contributed by atoms with E-state index in [9.17, 15) is 22.8 Å². The van der Waals surface area contributed by atoms with Gasteiger partial charge in [-0.05, 0) is 19.3 Å². The number of carbonyl (C=O) groups is 2. The van der Waals surface area contributed by atoms with Crippen LogP contribution >= 0.6 is 0 Å². The minimum atomic E-state index is -4.31. The monoisotopic (exact) mass is 350 g/mol. The molecule has 0 unspecified atom stereocenters. The molecule has 138 valence electrons. The predicted octanol–water partition coefficient (Wildman–Crippen LogP) is 2.21. The van der Waals surface area contributed by atoms with E-state index < -0.39 is 24.9 Å². The highest BCUT2D eigenvalue weighted by Crippen LogP contribution is 2.39. The molecule has 5 nitrogen and oxygen atoms in total. The van der Waals surface area contributed by atoms with Crippen molar-refractivity contribution in [1.29, 1.82) is 0 Å². The van der Waals surface area contributed by atoms with E-state index in [2.05, 4.69) is 0 Å². The number of rotatable bonds is 5. The maximum Gasteiger partial charge on any atom is 0.389 e. The lowest BCUT2D eigenvalue weighted by Crippen LogP contribution is -2.55. The fourth-order valence-electron chi connectivity index (χ4n) is 3.67. The van der Waals surface area contributed by atoms with Gasteiger partial charge in [-0.15, -0.1) is 0 Å². The number of methoxy groups -OCH3 is 1. The number of amides is 2. The molecule has 24 heavy (non-hydrogen) atoms. The van der Waals surface area contributed by atoms with E-state index >= 15 is 0 Å². The molecule has 2 saturated heterocycles. The van der Waals surface area contributed by atoms with Crippen LogP contribution in [0.5, 0.6) is 0 Å². The molecule has 0 aromatic carbocycles. The van der Waals surface area contributed by atoms with Gasteiger partial charge in [0.15, 0.2) is 0 Å². The van der Waals surface area contributed by atoms with E-state index in [1.54, 1.807) is 16.9 Å². The third-order valence-corrected chi connectivity index (χ3v) is 4.95. The van der Waals surface area contributed by atoms with Crippen molar-refractivity contribution in [1.82, 2.24) is 9.80 Å². The number of halogens is 3. The lowest BCUT2D eigenvalue weighted by atomic mass is 9.73. The van der Waals surface area contributed by atoms with E-state index in [0.29, 0.717) is 45.6 Å². The summed E-state index contributed by atoms with van der Waals surface area (Å²) in [5, 5.41) is 0. The highest BCUT2D eigenvalue weighted by Gasteiger charge is 2.42. The topological polar surface area (TPSA) is 49.9 Å². The van der Waals surface area contributed by atoms with Gasteiger partial charge in [-0.1, -0.05) is 0 Å². The maximum absolute atomic E-state index is 12.3. The lowest BCUT2D eigenvalue weighted by molar-refractivity contribution is -0.153. The van der Waals surface area contributed by atoms with Gasteiger partial charge in [0, 0.05) is 51.5 Å². The molecule has 1 spiro atoms. The summed E-state index contributed by atoms with van der Waals surface area (Å²) in [4.78, 5) is 27.4. The first-order chi connectivity index (χ1) is 11.2. The molecule has 2 fully saturated rings. The van der Waals surface area contributed by atoms with Crippen LogP contribution in [-0.4, -0.2) is 67.7 Å². The number of carbonyl (C=O) groups excluding carboxylic acids is 2. The molecule has 0 aromatic rings. The van der Waals surface area contributed by atoms with Gasteiger partial charge in [0.05, 0.1) is 13.0 Å². The largest absolute Gasteiger partial charge is 0.389 e. The molecule has 2 aliphatic rings. The van der Waals surface area contributed by atoms with Crippen LogP contribution in [0.3, 0.4) is 0 Å². The molecule has 0 N–H and O–H groups in total. The second-order valence-electron chi connectivity index (χ2n) is 6.84. The third-order valence-electron chi connectivity index (χ3n) is 4.95. The molecular formula is C16H25F3N2O3. The van der Waals surface area contributed by atoms with E-state index in [1.165, 1.54) is 0 Å². The van der Waals surface area contributed by atoms with Crippen LogP contribution in [0, 0.1) is 5.41 Å². The zero-order valence-corrected chi connectivity index (χ0v) is 14.0. The summed E-state index contributed by atoms with van der Waals surface area (Å²) in [6.45, 7) is 2.47. The summed E-state index contributed by atoms with van der Waals surface area (Å²) in [6.07, 6.45) is -3.10. The summed E-state index contributed by atoms with van der Waals surface area (Å²) >= 11 is 0. The van der Waals surface area contributed by atoms with Crippen molar-refractivity contribution in [2.75, 3.05) is 39.9 Å². The smallest absolute Gasteiger partial charge is 0.383 e. The van der Waals surface area contributed by atoms with Crippen LogP contribution in [0.15, 0.2) is 0 Å². The van der Waals surface area contributed by atoms with Crippen molar-refractivity contribution in [3.05, 3.63) is 0 Å². The normalized spacial score (nSPS) is 25.4. The molecule has 0 aliphatic carbocycles. The number of ether oxygens (including phenoxy) is 1. The maximum atomic E-state index is 12.3. The van der Waals surface area contributed by atoms with Crippen molar-refractivity contribution >= 4 is 11.8 Å². The average molecular weight is 350 g/mol. The number of hydrogen-bond donors (Lipinski definition) is 0. The zero-order valence-electron chi connectivity index (χ0n) is 14.0. The van der Waals surface area contributed by atoms with Gasteiger partial charge in [0.2, 0.25) is 11.8 Å². The summed E-state index contributed by atoms with van der Waals surface area (Å²) in [5.41, 5.74) is -0.187. The molecular weight excluding hydrogens is 325 g/mol. The van der Waals surface area contributed by atoms with Crippen LogP contribution < -0.4 is 0 Å². The van der Waals surface area contributed by atoms with Crippen molar-refractivity contribution in [2.24, 2.45) is 5.41 Å². The van der Waals surface area contributed by atoms with Crippen LogP contribution in [-0.2, 0) is 14.3 Å². The van der Waals surface area contributed by atoms with Gasteiger partial charge in [-0.3, -0.25) is 9.59 Å². The number of hydrogen-bond acceptors (Lipinski definition) is 3. The van der Waals surface area contributed by atoms with Crippen LogP contribution in [0.1, 0.15) is 38.5 Å². The molecule has 0 saturated carbocycles. The second kappa shape index (κ2) is 7.72. The Morgan fingerprint density at radius 2 is 2.04 bits per heavy atom. The first kappa shape index (κ1) is 19.0. The Bertz CT molecular complexity index is 470. The van der Waals surface area contributed by atoms with Crippen LogP contribution in [0.2, 0.25) is 0 Å². The van der Waals surface area contributed by atoms with Crippen LogP contribution in [0.4, 0.5) is 13.2 Å². The van der Waals surface area contributed by atoms with E-state index in [-0.39, 0.29) is 11.3 Å². The van der Waals surface area contributed by atoms with Crippen molar-refractivity contribution in [3.63, 3.8) is 0 Å². The van der Waals surface area contributed by atoms with Crippen molar-refractivity contribution in [3.8, 4) is 0 Å². The number of nitrogens with zero attached hydrogens (tertiary/aromatic N) is 2. The van der Waals surface area contributed by atoms with Gasteiger partial charge in [-0.2, -0.15) is 13.2 Å². The van der Waals surface area contributed by atoms with Crippen molar-refractivity contribution < 1.29 is 27.5 Å². The minimum absolute atomic E-state index is 0.0817. The Morgan fingerprint density at radius 3 is 2.71 bits per heavy atom. The molecule has 2 amide bonds. The molecule has 0 radical (unpaired) electrons. The molecule has 8 heteroatoms. The molecule has 0 bridgehead atoms. The molecule has 2 aliphatic heterocycles. The van der Waals surface area contributed by atoms with Crippen molar-refractivity contribution in [2.45, 2.75) is 44.7 Å². The Morgan fingerprint density at radius 1 is 1.29 bits per heavy atom. The molecule has 2 heterocycles. The molecule has 0 aromatic heterocycles. The zero-order chi connectivity index (χ0) is 17.8. The fraction of sp³-hybridized carbons (Fsp3) is 0.875. The Labute approximate surface area is 140 Å². The Balaban J connectivity index is 1.95. The van der Waals surface area contributed by atoms with Gasteiger partial charge < -0.3 is 14.5 Å². The molecule has 1 atom stereocenters. The number of likely N-dealkylation sites (tertiary alicyclic amines) is 2. The predicted molar refractivity (Wildman–Crippen MR) is 81.2 cm³/mol. The lowest BCUT2D eigenvalue weighted by Gasteiger charge is -2.48. The standard InChI is InChI=1S/C16H25F3N2O3/c1-24-10-9-21-12-15(6-3-13(21)22)5-2-8-20(11-15)14(23)4-7-16(17,18)19/h2-12H2,1H3/t15-/m0/s1. The minimum Gasteiger partial charge on any atom is -0.383 e. The Kier molecular flexibility index (Phi) is 6.11. The summed E-state index contributed by atoms with van der Waals surface area (Å²) in [5.74, 6) is -0.357. The highest BCUT2D eigenvalue weighted by atomic mass is 19.4. The fourth-order valence-corrected chi connectivity index (χ4v) is 3.67. The van der Waals surface area contributed by atoms with Gasteiger partial charge in [0.1, 0.15) is 0 Å².